The van der Waals surface area contributed by atoms with E-state index in [1.54, 1.807) is 0 Å². The van der Waals surface area contributed by atoms with Crippen LogP contribution in [0, 0.1) is 12.8 Å². The second kappa shape index (κ2) is 4.81. The number of amides is 1. The van der Waals surface area contributed by atoms with Crippen LogP contribution in [0.2, 0.25) is 0 Å². The minimum atomic E-state index is -0.343. The summed E-state index contributed by atoms with van der Waals surface area (Å²) in [6, 6.07) is 0. The molecule has 0 aliphatic carbocycles. The van der Waals surface area contributed by atoms with Crippen LogP contribution in [-0.4, -0.2) is 33.9 Å². The van der Waals surface area contributed by atoms with E-state index in [1.165, 1.54) is 0 Å². The highest BCUT2D eigenvalue weighted by Gasteiger charge is 2.52. The summed E-state index contributed by atoms with van der Waals surface area (Å²) >= 11 is 0. The third-order valence-electron chi connectivity index (χ3n) is 4.50. The first-order valence-electron chi connectivity index (χ1n) is 7.35. The fourth-order valence-corrected chi connectivity index (χ4v) is 3.18. The Kier molecular flexibility index (Phi) is 3.24. The number of carbonyl (C=O) groups excluding carboxylic acids is 1. The minimum absolute atomic E-state index is 0.141. The van der Waals surface area contributed by atoms with Crippen molar-refractivity contribution in [3.8, 4) is 0 Å². The highest BCUT2D eigenvalue weighted by Crippen LogP contribution is 2.43. The van der Waals surface area contributed by atoms with Gasteiger partial charge in [0.15, 0.2) is 0 Å². The lowest BCUT2D eigenvalue weighted by Gasteiger charge is -2.48. The van der Waals surface area contributed by atoms with Crippen molar-refractivity contribution in [3.63, 3.8) is 0 Å². The van der Waals surface area contributed by atoms with E-state index < -0.39 is 0 Å². The topological polar surface area (TPSA) is 55.3 Å². The molecule has 0 atom stereocenters. The Morgan fingerprint density at radius 3 is 2.80 bits per heavy atom. The number of ether oxygens (including phenoxy) is 1. The Balaban J connectivity index is 1.74. The van der Waals surface area contributed by atoms with E-state index in [1.807, 2.05) is 18.0 Å². The average molecular weight is 275 g/mol. The van der Waals surface area contributed by atoms with Gasteiger partial charge in [0.1, 0.15) is 11.4 Å². The van der Waals surface area contributed by atoms with E-state index in [-0.39, 0.29) is 17.4 Å². The van der Waals surface area contributed by atoms with Gasteiger partial charge in [-0.2, -0.15) is 0 Å². The predicted molar refractivity (Wildman–Crippen MR) is 73.9 cm³/mol. The Morgan fingerprint density at radius 1 is 1.45 bits per heavy atom. The smallest absolute Gasteiger partial charge is 0.225 e. The third kappa shape index (κ3) is 1.92. The summed E-state index contributed by atoms with van der Waals surface area (Å²) in [6.07, 6.45) is 3.67. The molecule has 2 aliphatic rings. The molecule has 5 heteroatoms. The number of fused-ring (bicyclic) bond motifs is 2. The zero-order chi connectivity index (χ0) is 14.3. The largest absolute Gasteiger partial charge is 0.360 e. The monoisotopic (exact) mass is 275 g/mol. The Labute approximate surface area is 119 Å². The third-order valence-corrected chi connectivity index (χ3v) is 4.50. The molecule has 0 bridgehead atoms. The van der Waals surface area contributed by atoms with Crippen molar-refractivity contribution >= 4 is 5.91 Å². The SMILES string of the molecule is CCC(CC)C(=O)N1CC2(C1)OCc1nc(C)ncc12. The molecule has 1 fully saturated rings. The molecule has 0 radical (unpaired) electrons. The van der Waals surface area contributed by atoms with Crippen molar-refractivity contribution in [1.29, 1.82) is 0 Å². The molecular weight excluding hydrogens is 254 g/mol. The molecule has 2 aliphatic heterocycles. The van der Waals surface area contributed by atoms with Crippen LogP contribution < -0.4 is 0 Å². The van der Waals surface area contributed by atoms with Crippen molar-refractivity contribution in [2.24, 2.45) is 5.92 Å². The molecule has 108 valence electrons. The molecule has 0 unspecified atom stereocenters. The van der Waals surface area contributed by atoms with Crippen molar-refractivity contribution < 1.29 is 9.53 Å². The summed E-state index contributed by atoms with van der Waals surface area (Å²) in [5, 5.41) is 0. The van der Waals surface area contributed by atoms with Crippen LogP contribution in [-0.2, 0) is 21.7 Å². The second-order valence-electron chi connectivity index (χ2n) is 5.77. The van der Waals surface area contributed by atoms with Gasteiger partial charge in [-0.15, -0.1) is 0 Å². The van der Waals surface area contributed by atoms with Crippen LogP contribution in [0.3, 0.4) is 0 Å². The molecule has 1 aromatic heterocycles. The average Bonchev–Trinajstić information content (AvgIpc) is 2.76. The molecule has 1 aromatic rings. The van der Waals surface area contributed by atoms with Crippen molar-refractivity contribution in [2.75, 3.05) is 13.1 Å². The first-order valence-corrected chi connectivity index (χ1v) is 7.35. The maximum Gasteiger partial charge on any atom is 0.225 e. The lowest BCUT2D eigenvalue weighted by molar-refractivity contribution is -0.172. The summed E-state index contributed by atoms with van der Waals surface area (Å²) in [7, 11) is 0. The van der Waals surface area contributed by atoms with Gasteiger partial charge in [0.05, 0.1) is 25.4 Å². The molecule has 5 nitrogen and oxygen atoms in total. The van der Waals surface area contributed by atoms with Crippen LogP contribution in [0.15, 0.2) is 6.20 Å². The quantitative estimate of drug-likeness (QED) is 0.844. The van der Waals surface area contributed by atoms with Crippen LogP contribution >= 0.6 is 0 Å². The Bertz CT molecular complexity index is 534. The molecule has 1 amide bonds. The van der Waals surface area contributed by atoms with Gasteiger partial charge in [-0.1, -0.05) is 13.8 Å². The zero-order valence-electron chi connectivity index (χ0n) is 12.3. The van der Waals surface area contributed by atoms with Gasteiger partial charge in [0.25, 0.3) is 0 Å². The second-order valence-corrected chi connectivity index (χ2v) is 5.77. The van der Waals surface area contributed by atoms with E-state index in [0.29, 0.717) is 19.7 Å². The normalized spacial score (nSPS) is 19.3. The van der Waals surface area contributed by atoms with Crippen LogP contribution in [0.25, 0.3) is 0 Å². The molecule has 1 saturated heterocycles. The van der Waals surface area contributed by atoms with Gasteiger partial charge in [-0.3, -0.25) is 4.79 Å². The summed E-state index contributed by atoms with van der Waals surface area (Å²) < 4.78 is 5.93. The maximum atomic E-state index is 12.3. The van der Waals surface area contributed by atoms with Gasteiger partial charge in [-0.25, -0.2) is 9.97 Å². The standard InChI is InChI=1S/C15H21N3O2/c1-4-11(5-2)14(19)18-8-15(9-18)12-6-16-10(3)17-13(12)7-20-15/h6,11H,4-5,7-9H2,1-3H3. The molecule has 0 saturated carbocycles. The Hall–Kier alpha value is -1.49. The van der Waals surface area contributed by atoms with E-state index in [0.717, 1.165) is 29.9 Å². The first kappa shape index (κ1) is 13.5. The lowest BCUT2D eigenvalue weighted by atomic mass is 9.86. The zero-order valence-corrected chi connectivity index (χ0v) is 12.3. The number of aromatic nitrogens is 2. The first-order chi connectivity index (χ1) is 9.59. The van der Waals surface area contributed by atoms with Crippen molar-refractivity contribution in [2.45, 2.75) is 45.8 Å². The summed E-state index contributed by atoms with van der Waals surface area (Å²) in [5.41, 5.74) is 1.70. The fourth-order valence-electron chi connectivity index (χ4n) is 3.18. The van der Waals surface area contributed by atoms with Gasteiger partial charge in [0.2, 0.25) is 5.91 Å². The maximum absolute atomic E-state index is 12.3. The molecule has 0 N–H and O–H groups in total. The summed E-state index contributed by atoms with van der Waals surface area (Å²) in [6.45, 7) is 7.84. The minimum Gasteiger partial charge on any atom is -0.360 e. The number of nitrogens with zero attached hydrogens (tertiary/aromatic N) is 3. The lowest BCUT2D eigenvalue weighted by Crippen LogP contribution is -2.62. The number of hydrogen-bond donors (Lipinski definition) is 0. The highest BCUT2D eigenvalue weighted by atomic mass is 16.5. The van der Waals surface area contributed by atoms with Gasteiger partial charge in [-0.05, 0) is 19.8 Å². The van der Waals surface area contributed by atoms with Gasteiger partial charge < -0.3 is 9.64 Å². The van der Waals surface area contributed by atoms with Crippen LogP contribution in [0.4, 0.5) is 0 Å². The van der Waals surface area contributed by atoms with Gasteiger partial charge in [0, 0.05) is 17.7 Å². The number of carbonyl (C=O) groups is 1. The number of rotatable bonds is 3. The van der Waals surface area contributed by atoms with E-state index in [4.69, 9.17) is 4.74 Å². The van der Waals surface area contributed by atoms with Crippen molar-refractivity contribution in [1.82, 2.24) is 14.9 Å². The van der Waals surface area contributed by atoms with Crippen LogP contribution in [0.5, 0.6) is 0 Å². The molecule has 1 spiro atoms. The molecule has 0 aromatic carbocycles. The summed E-state index contributed by atoms with van der Waals surface area (Å²) in [5.74, 6) is 1.17. The molecule has 20 heavy (non-hydrogen) atoms. The molecule has 3 heterocycles. The molecule has 3 rings (SSSR count). The summed E-state index contributed by atoms with van der Waals surface area (Å²) in [4.78, 5) is 22.9. The molecular formula is C15H21N3O2. The highest BCUT2D eigenvalue weighted by molar-refractivity contribution is 5.80. The van der Waals surface area contributed by atoms with E-state index >= 15 is 0 Å². The van der Waals surface area contributed by atoms with Crippen molar-refractivity contribution in [3.05, 3.63) is 23.3 Å². The predicted octanol–water partition coefficient (Wildman–Crippen LogP) is 1.79. The number of aryl methyl sites for hydroxylation is 1. The number of likely N-dealkylation sites (tertiary alicyclic amines) is 1. The van der Waals surface area contributed by atoms with Gasteiger partial charge >= 0.3 is 0 Å². The van der Waals surface area contributed by atoms with E-state index in [2.05, 4.69) is 23.8 Å². The van der Waals surface area contributed by atoms with Crippen LogP contribution in [0.1, 0.15) is 43.8 Å². The fraction of sp³-hybridized carbons (Fsp3) is 0.667. The number of hydrogen-bond acceptors (Lipinski definition) is 4. The van der Waals surface area contributed by atoms with E-state index in [9.17, 15) is 4.79 Å². The Morgan fingerprint density at radius 2 is 2.15 bits per heavy atom.